The molecule has 3 rings (SSSR count). The van der Waals surface area contributed by atoms with Crippen LogP contribution in [0.15, 0.2) is 24.3 Å². The lowest BCUT2D eigenvalue weighted by Crippen LogP contribution is -2.47. The van der Waals surface area contributed by atoms with Gasteiger partial charge in [-0.3, -0.25) is 9.59 Å². The van der Waals surface area contributed by atoms with Crippen molar-refractivity contribution < 1.29 is 19.5 Å². The lowest BCUT2D eigenvalue weighted by molar-refractivity contribution is -0.143. The molecule has 23 heavy (non-hydrogen) atoms. The summed E-state index contributed by atoms with van der Waals surface area (Å²) in [5, 5.41) is 12.1. The first-order valence-electron chi connectivity index (χ1n) is 8.01. The number of hydrogen-bond donors (Lipinski definition) is 2. The molecule has 1 aromatic rings. The quantitative estimate of drug-likeness (QED) is 0.890. The van der Waals surface area contributed by atoms with Gasteiger partial charge >= 0.3 is 5.97 Å². The van der Waals surface area contributed by atoms with Crippen molar-refractivity contribution in [1.29, 1.82) is 0 Å². The molecule has 2 fully saturated rings. The predicted molar refractivity (Wildman–Crippen MR) is 84.1 cm³/mol. The molecule has 2 N–H and O–H groups in total. The van der Waals surface area contributed by atoms with Crippen molar-refractivity contribution in [2.45, 2.75) is 38.1 Å². The molecule has 1 aromatic carbocycles. The highest BCUT2D eigenvalue weighted by Gasteiger charge is 2.32. The lowest BCUT2D eigenvalue weighted by Gasteiger charge is -2.33. The van der Waals surface area contributed by atoms with Crippen LogP contribution in [0.1, 0.15) is 42.5 Å². The molecule has 1 saturated carbocycles. The Morgan fingerprint density at radius 1 is 1.04 bits per heavy atom. The minimum Gasteiger partial charge on any atom is -0.480 e. The summed E-state index contributed by atoms with van der Waals surface area (Å²) in [6, 6.07) is 5.91. The molecule has 1 atom stereocenters. The zero-order valence-corrected chi connectivity index (χ0v) is 12.8. The third kappa shape index (κ3) is 3.52. The fourth-order valence-corrected chi connectivity index (χ4v) is 2.88. The van der Waals surface area contributed by atoms with Crippen LogP contribution < -0.4 is 5.32 Å². The number of carbonyl (C=O) groups excluding carboxylic acids is 2. The molecule has 6 heteroatoms. The second-order valence-corrected chi connectivity index (χ2v) is 6.19. The Balaban J connectivity index is 1.68. The number of carbonyl (C=O) groups is 3. The van der Waals surface area contributed by atoms with Crippen LogP contribution in [0.25, 0.3) is 0 Å². The van der Waals surface area contributed by atoms with Crippen molar-refractivity contribution in [2.75, 3.05) is 11.9 Å². The Morgan fingerprint density at radius 2 is 1.74 bits per heavy atom. The molecule has 0 bridgehead atoms. The van der Waals surface area contributed by atoms with E-state index in [4.69, 9.17) is 0 Å². The van der Waals surface area contributed by atoms with E-state index in [1.807, 2.05) is 0 Å². The van der Waals surface area contributed by atoms with Gasteiger partial charge in [0.2, 0.25) is 5.91 Å². The Labute approximate surface area is 134 Å². The number of nitrogens with zero attached hydrogens (tertiary/aromatic N) is 1. The second kappa shape index (κ2) is 6.40. The summed E-state index contributed by atoms with van der Waals surface area (Å²) in [5.74, 6) is -1.07. The molecular weight excluding hydrogens is 296 g/mol. The summed E-state index contributed by atoms with van der Waals surface area (Å²) in [6.45, 7) is 0.468. The Kier molecular flexibility index (Phi) is 4.32. The number of carboxylic acids is 1. The Bertz CT molecular complexity index is 622. The maximum absolute atomic E-state index is 12.5. The molecule has 0 spiro atoms. The topological polar surface area (TPSA) is 86.7 Å². The molecule has 6 nitrogen and oxygen atoms in total. The average Bonchev–Trinajstić information content (AvgIpc) is 3.40. The minimum atomic E-state index is -0.952. The van der Waals surface area contributed by atoms with Crippen LogP contribution in [0.5, 0.6) is 0 Å². The molecule has 1 aliphatic carbocycles. The molecular formula is C17H20N2O4. The second-order valence-electron chi connectivity index (χ2n) is 6.19. The molecule has 122 valence electrons. The largest absolute Gasteiger partial charge is 0.480 e. The maximum atomic E-state index is 12.5. The van der Waals surface area contributed by atoms with Gasteiger partial charge in [0.1, 0.15) is 6.04 Å². The third-order valence-electron chi connectivity index (χ3n) is 4.40. The molecule has 0 radical (unpaired) electrons. The van der Waals surface area contributed by atoms with E-state index in [0.717, 1.165) is 25.7 Å². The standard InChI is InChI=1S/C17H20N2O4/c20-15(11-4-5-11)18-13-8-6-12(7-9-13)16(21)19-10-2-1-3-14(19)17(22)23/h6-9,11,14H,1-5,10H2,(H,18,20)(H,22,23). The van der Waals surface area contributed by atoms with Gasteiger partial charge in [0.05, 0.1) is 0 Å². The number of piperidine rings is 1. The summed E-state index contributed by atoms with van der Waals surface area (Å²) in [5.41, 5.74) is 1.11. The summed E-state index contributed by atoms with van der Waals surface area (Å²) in [4.78, 5) is 37.0. The van der Waals surface area contributed by atoms with Gasteiger partial charge in [0, 0.05) is 23.7 Å². The van der Waals surface area contributed by atoms with Gasteiger partial charge in [-0.1, -0.05) is 0 Å². The highest BCUT2D eigenvalue weighted by molar-refractivity contribution is 5.98. The van der Waals surface area contributed by atoms with Crippen molar-refractivity contribution in [1.82, 2.24) is 4.90 Å². The van der Waals surface area contributed by atoms with Crippen LogP contribution in [0.2, 0.25) is 0 Å². The summed E-state index contributed by atoms with van der Waals surface area (Å²) < 4.78 is 0. The fraction of sp³-hybridized carbons (Fsp3) is 0.471. The van der Waals surface area contributed by atoms with Crippen LogP contribution in [-0.4, -0.2) is 40.4 Å². The van der Waals surface area contributed by atoms with Crippen LogP contribution in [0.3, 0.4) is 0 Å². The fourth-order valence-electron chi connectivity index (χ4n) is 2.88. The van der Waals surface area contributed by atoms with E-state index in [0.29, 0.717) is 24.2 Å². The van der Waals surface area contributed by atoms with E-state index in [2.05, 4.69) is 5.32 Å². The van der Waals surface area contributed by atoms with Gasteiger partial charge in [-0.25, -0.2) is 4.79 Å². The molecule has 2 aliphatic rings. The molecule has 0 aromatic heterocycles. The van der Waals surface area contributed by atoms with Crippen LogP contribution in [0, 0.1) is 5.92 Å². The van der Waals surface area contributed by atoms with Gasteiger partial charge in [0.25, 0.3) is 5.91 Å². The maximum Gasteiger partial charge on any atom is 0.326 e. The Morgan fingerprint density at radius 3 is 2.35 bits per heavy atom. The number of hydrogen-bond acceptors (Lipinski definition) is 3. The van der Waals surface area contributed by atoms with E-state index in [9.17, 15) is 19.5 Å². The van der Waals surface area contributed by atoms with E-state index < -0.39 is 12.0 Å². The Hall–Kier alpha value is -2.37. The number of amides is 2. The number of carboxylic acid groups (broad SMARTS) is 1. The van der Waals surface area contributed by atoms with Gasteiger partial charge in [-0.15, -0.1) is 0 Å². The number of nitrogens with one attached hydrogen (secondary N) is 1. The molecule has 1 heterocycles. The number of benzene rings is 1. The van der Waals surface area contributed by atoms with E-state index in [1.165, 1.54) is 4.90 Å². The first-order valence-corrected chi connectivity index (χ1v) is 8.01. The first kappa shape index (κ1) is 15.5. The highest BCUT2D eigenvalue weighted by atomic mass is 16.4. The summed E-state index contributed by atoms with van der Waals surface area (Å²) >= 11 is 0. The lowest BCUT2D eigenvalue weighted by atomic mass is 10.0. The zero-order valence-electron chi connectivity index (χ0n) is 12.8. The van der Waals surface area contributed by atoms with Gasteiger partial charge in [-0.05, 0) is 56.4 Å². The van der Waals surface area contributed by atoms with Crippen molar-refractivity contribution in [2.24, 2.45) is 5.92 Å². The van der Waals surface area contributed by atoms with E-state index >= 15 is 0 Å². The zero-order chi connectivity index (χ0) is 16.4. The number of rotatable bonds is 4. The normalized spacial score (nSPS) is 20.9. The number of likely N-dealkylation sites (tertiary alicyclic amines) is 1. The van der Waals surface area contributed by atoms with Crippen molar-refractivity contribution in [3.05, 3.63) is 29.8 Å². The average molecular weight is 316 g/mol. The van der Waals surface area contributed by atoms with E-state index in [1.54, 1.807) is 24.3 Å². The van der Waals surface area contributed by atoms with Crippen LogP contribution >= 0.6 is 0 Å². The summed E-state index contributed by atoms with van der Waals surface area (Å²) in [7, 11) is 0. The van der Waals surface area contributed by atoms with Crippen molar-refractivity contribution in [3.63, 3.8) is 0 Å². The molecule has 1 saturated heterocycles. The van der Waals surface area contributed by atoms with Crippen molar-refractivity contribution in [3.8, 4) is 0 Å². The van der Waals surface area contributed by atoms with Gasteiger partial charge < -0.3 is 15.3 Å². The third-order valence-corrected chi connectivity index (χ3v) is 4.40. The molecule has 1 aliphatic heterocycles. The first-order chi connectivity index (χ1) is 11.1. The minimum absolute atomic E-state index is 0.0195. The van der Waals surface area contributed by atoms with Crippen molar-refractivity contribution >= 4 is 23.5 Å². The monoisotopic (exact) mass is 316 g/mol. The number of aliphatic carboxylic acids is 1. The molecule has 2 amide bonds. The SMILES string of the molecule is O=C(Nc1ccc(C(=O)N2CCCCC2C(=O)O)cc1)C1CC1. The smallest absolute Gasteiger partial charge is 0.326 e. The van der Waals surface area contributed by atoms with E-state index in [-0.39, 0.29) is 17.7 Å². The molecule has 1 unspecified atom stereocenters. The van der Waals surface area contributed by atoms with Crippen LogP contribution in [-0.2, 0) is 9.59 Å². The van der Waals surface area contributed by atoms with Gasteiger partial charge in [0.15, 0.2) is 0 Å². The van der Waals surface area contributed by atoms with Gasteiger partial charge in [-0.2, -0.15) is 0 Å². The predicted octanol–water partition coefficient (Wildman–Crippen LogP) is 2.11. The summed E-state index contributed by atoms with van der Waals surface area (Å²) in [6.07, 6.45) is 4.02. The number of anilines is 1. The highest BCUT2D eigenvalue weighted by Crippen LogP contribution is 2.30. The van der Waals surface area contributed by atoms with Crippen LogP contribution in [0.4, 0.5) is 5.69 Å².